The first-order valence-electron chi connectivity index (χ1n) is 6.20. The van der Waals surface area contributed by atoms with Crippen LogP contribution in [0.2, 0.25) is 0 Å². The summed E-state index contributed by atoms with van der Waals surface area (Å²) in [6.07, 6.45) is 1.02. The van der Waals surface area contributed by atoms with Crippen molar-refractivity contribution < 1.29 is 4.79 Å². The van der Waals surface area contributed by atoms with Gasteiger partial charge in [-0.2, -0.15) is 0 Å². The summed E-state index contributed by atoms with van der Waals surface area (Å²) >= 11 is 0. The Morgan fingerprint density at radius 3 is 2.50 bits per heavy atom. The van der Waals surface area contributed by atoms with Crippen LogP contribution in [0, 0.1) is 0 Å². The van der Waals surface area contributed by atoms with Gasteiger partial charge in [-0.05, 0) is 26.2 Å². The van der Waals surface area contributed by atoms with Gasteiger partial charge < -0.3 is 21.3 Å². The monoisotopic (exact) mass is 255 g/mol. The van der Waals surface area contributed by atoms with Gasteiger partial charge in [0.25, 0.3) is 5.91 Å². The first-order chi connectivity index (χ1) is 8.58. The molecule has 0 atom stereocenters. The maximum atomic E-state index is 11.5. The molecule has 0 fully saturated rings. The Balaban J connectivity index is 4.86. The second kappa shape index (κ2) is 9.61. The number of nitrogens with one attached hydrogen (secondary N) is 2. The summed E-state index contributed by atoms with van der Waals surface area (Å²) in [5.74, 6) is -0.490. The maximum Gasteiger partial charge on any atom is 0.266 e. The number of hydrogen-bond donors (Lipinski definition) is 3. The van der Waals surface area contributed by atoms with Crippen LogP contribution in [0.1, 0.15) is 20.3 Å². The van der Waals surface area contributed by atoms with E-state index in [1.807, 2.05) is 6.92 Å². The summed E-state index contributed by atoms with van der Waals surface area (Å²) < 4.78 is 0. The van der Waals surface area contributed by atoms with Crippen molar-refractivity contribution in [2.75, 3.05) is 33.4 Å². The first-order valence-corrected chi connectivity index (χ1v) is 6.20. The Labute approximate surface area is 109 Å². The van der Waals surface area contributed by atoms with Crippen LogP contribution < -0.4 is 16.4 Å². The number of nitrogens with two attached hydrogens (primary N) is 1. The van der Waals surface area contributed by atoms with E-state index < -0.39 is 5.91 Å². The molecular weight excluding hydrogens is 230 g/mol. The van der Waals surface area contributed by atoms with Crippen LogP contribution in [0.15, 0.2) is 16.4 Å². The number of aliphatic imine (C=N–C) groups is 1. The second-order valence-electron chi connectivity index (χ2n) is 3.95. The van der Waals surface area contributed by atoms with Gasteiger partial charge in [-0.25, -0.2) is 0 Å². The molecule has 0 spiro atoms. The van der Waals surface area contributed by atoms with E-state index in [1.165, 1.54) is 0 Å². The van der Waals surface area contributed by atoms with Crippen molar-refractivity contribution in [1.29, 1.82) is 0 Å². The highest BCUT2D eigenvalue weighted by molar-refractivity contribution is 5.92. The van der Waals surface area contributed by atoms with Gasteiger partial charge in [0.2, 0.25) is 0 Å². The molecule has 0 saturated heterocycles. The molecule has 0 aliphatic rings. The van der Waals surface area contributed by atoms with Crippen molar-refractivity contribution in [1.82, 2.24) is 15.5 Å². The molecule has 6 nitrogen and oxygen atoms in total. The van der Waals surface area contributed by atoms with Crippen LogP contribution in [-0.4, -0.2) is 50.9 Å². The van der Waals surface area contributed by atoms with Gasteiger partial charge in [-0.1, -0.05) is 13.8 Å². The zero-order valence-corrected chi connectivity index (χ0v) is 11.6. The highest BCUT2D eigenvalue weighted by Gasteiger charge is 2.16. The summed E-state index contributed by atoms with van der Waals surface area (Å²) in [6, 6.07) is 0. The van der Waals surface area contributed by atoms with Crippen LogP contribution in [0.4, 0.5) is 0 Å². The molecule has 0 aromatic carbocycles. The van der Waals surface area contributed by atoms with Crippen LogP contribution in [0.3, 0.4) is 0 Å². The molecule has 0 aromatic rings. The lowest BCUT2D eigenvalue weighted by atomic mass is 10.2. The van der Waals surface area contributed by atoms with Crippen LogP contribution >= 0.6 is 0 Å². The normalized spacial score (nSPS) is 11.9. The predicted octanol–water partition coefficient (Wildman–Crippen LogP) is -0.118. The molecule has 0 aromatic heterocycles. The van der Waals surface area contributed by atoms with Gasteiger partial charge in [0.15, 0.2) is 0 Å². The molecule has 0 unspecified atom stereocenters. The number of carbonyl (C=O) groups is 1. The number of nitrogens with zero attached hydrogens (tertiary/aromatic N) is 2. The molecule has 6 heteroatoms. The predicted molar refractivity (Wildman–Crippen MR) is 75.2 cm³/mol. The Kier molecular flexibility index (Phi) is 8.86. The first kappa shape index (κ1) is 16.6. The third kappa shape index (κ3) is 5.79. The second-order valence-corrected chi connectivity index (χ2v) is 3.95. The van der Waals surface area contributed by atoms with Gasteiger partial charge in [0, 0.05) is 13.6 Å². The molecule has 0 aliphatic heterocycles. The minimum absolute atomic E-state index is 0.398. The van der Waals surface area contributed by atoms with Crippen molar-refractivity contribution in [3.05, 3.63) is 11.4 Å². The van der Waals surface area contributed by atoms with Crippen molar-refractivity contribution in [2.45, 2.75) is 20.3 Å². The summed E-state index contributed by atoms with van der Waals surface area (Å²) in [5.41, 5.74) is 6.39. The molecule has 0 aliphatic carbocycles. The molecule has 0 bridgehead atoms. The number of hydrogen-bond acceptors (Lipinski definition) is 5. The topological polar surface area (TPSA) is 82.7 Å². The van der Waals surface area contributed by atoms with E-state index in [0.717, 1.165) is 19.5 Å². The van der Waals surface area contributed by atoms with Crippen molar-refractivity contribution in [3.8, 4) is 0 Å². The minimum Gasteiger partial charge on any atom is -0.364 e. The summed E-state index contributed by atoms with van der Waals surface area (Å²) in [5, 5.41) is 6.32. The van der Waals surface area contributed by atoms with E-state index in [0.29, 0.717) is 24.6 Å². The van der Waals surface area contributed by atoms with Gasteiger partial charge in [0.1, 0.15) is 5.70 Å². The average Bonchev–Trinajstić information content (AvgIpc) is 2.34. The molecule has 0 saturated carbocycles. The Morgan fingerprint density at radius 1 is 1.39 bits per heavy atom. The number of amides is 1. The maximum absolute atomic E-state index is 11.5. The van der Waals surface area contributed by atoms with Gasteiger partial charge in [-0.3, -0.25) is 9.79 Å². The summed E-state index contributed by atoms with van der Waals surface area (Å²) in [6.45, 7) is 10.3. The lowest BCUT2D eigenvalue weighted by Gasteiger charge is -2.22. The number of primary amides is 1. The molecule has 0 rings (SSSR count). The lowest BCUT2D eigenvalue weighted by Crippen LogP contribution is -2.37. The van der Waals surface area contributed by atoms with E-state index in [9.17, 15) is 4.79 Å². The molecule has 104 valence electrons. The lowest BCUT2D eigenvalue weighted by molar-refractivity contribution is -0.116. The van der Waals surface area contributed by atoms with E-state index in [1.54, 1.807) is 11.9 Å². The number of carbonyl (C=O) groups excluding carboxylic acids is 1. The number of likely N-dealkylation sites (N-methyl/N-ethyl adjacent to an activating group) is 1. The SMILES string of the molecule is C=N/C(CNCCC)=C(/C(N)=O)N(C)CNCC. The molecular formula is C12H25N5O. The van der Waals surface area contributed by atoms with Crippen LogP contribution in [0.5, 0.6) is 0 Å². The fourth-order valence-corrected chi connectivity index (χ4v) is 1.51. The van der Waals surface area contributed by atoms with E-state index in [-0.39, 0.29) is 0 Å². The van der Waals surface area contributed by atoms with Crippen molar-refractivity contribution >= 4 is 12.6 Å². The van der Waals surface area contributed by atoms with Crippen LogP contribution in [-0.2, 0) is 4.79 Å². The number of rotatable bonds is 10. The van der Waals surface area contributed by atoms with Gasteiger partial charge >= 0.3 is 0 Å². The fraction of sp³-hybridized carbons (Fsp3) is 0.667. The Morgan fingerprint density at radius 2 is 2.06 bits per heavy atom. The van der Waals surface area contributed by atoms with Gasteiger partial charge in [-0.15, -0.1) is 0 Å². The van der Waals surface area contributed by atoms with Crippen molar-refractivity contribution in [2.24, 2.45) is 10.7 Å². The highest BCUT2D eigenvalue weighted by Crippen LogP contribution is 2.08. The third-order valence-corrected chi connectivity index (χ3v) is 2.40. The van der Waals surface area contributed by atoms with E-state index >= 15 is 0 Å². The van der Waals surface area contributed by atoms with Gasteiger partial charge in [0.05, 0.1) is 12.4 Å². The Hall–Kier alpha value is -1.40. The smallest absolute Gasteiger partial charge is 0.266 e. The third-order valence-electron chi connectivity index (χ3n) is 2.40. The van der Waals surface area contributed by atoms with Crippen molar-refractivity contribution in [3.63, 3.8) is 0 Å². The fourth-order valence-electron chi connectivity index (χ4n) is 1.51. The minimum atomic E-state index is -0.490. The zero-order valence-electron chi connectivity index (χ0n) is 11.6. The molecule has 1 amide bonds. The molecule has 0 radical (unpaired) electrons. The quantitative estimate of drug-likeness (QED) is 0.220. The standard InChI is InChI=1S/C12H25N5O/c1-5-7-16-8-10(14-3)11(12(13)18)17(4)9-15-6-2/h15-16H,3,5-9H2,1-2,4H3,(H2,13,18)/b11-10-. The zero-order chi connectivity index (χ0) is 14.0. The molecule has 4 N–H and O–H groups in total. The van der Waals surface area contributed by atoms with E-state index in [2.05, 4.69) is 29.3 Å². The average molecular weight is 255 g/mol. The summed E-state index contributed by atoms with van der Waals surface area (Å²) in [7, 11) is 1.80. The summed E-state index contributed by atoms with van der Waals surface area (Å²) in [4.78, 5) is 17.2. The largest absolute Gasteiger partial charge is 0.364 e. The highest BCUT2D eigenvalue weighted by atomic mass is 16.1. The molecule has 0 heterocycles. The van der Waals surface area contributed by atoms with Crippen LogP contribution in [0.25, 0.3) is 0 Å². The Bertz CT molecular complexity index is 301. The van der Waals surface area contributed by atoms with E-state index in [4.69, 9.17) is 5.73 Å². The molecule has 18 heavy (non-hydrogen) atoms.